The standard InChI is InChI=1S/C16H25N3O2/c1-2-3-4-7-10-21-16-13(15(17)19-20)11-12-8-5-6-9-14(12)18-16/h11,20H,2-10H2,1H3,(H2,17,19). The van der Waals surface area contributed by atoms with Gasteiger partial charge < -0.3 is 15.7 Å². The van der Waals surface area contributed by atoms with Gasteiger partial charge in [-0.25, -0.2) is 4.98 Å². The molecule has 0 spiro atoms. The number of rotatable bonds is 7. The van der Waals surface area contributed by atoms with Crippen LogP contribution in [0.5, 0.6) is 5.88 Å². The minimum Gasteiger partial charge on any atom is -0.477 e. The molecule has 5 nitrogen and oxygen atoms in total. The minimum atomic E-state index is 0.0689. The zero-order chi connectivity index (χ0) is 15.1. The van der Waals surface area contributed by atoms with Gasteiger partial charge in [-0.05, 0) is 43.7 Å². The van der Waals surface area contributed by atoms with E-state index in [1.165, 1.54) is 31.2 Å². The van der Waals surface area contributed by atoms with Crippen LogP contribution in [0.4, 0.5) is 0 Å². The second kappa shape index (κ2) is 7.86. The lowest BCUT2D eigenvalue weighted by molar-refractivity contribution is 0.290. The molecule has 0 radical (unpaired) electrons. The monoisotopic (exact) mass is 291 g/mol. The lowest BCUT2D eigenvalue weighted by Gasteiger charge is -2.18. The van der Waals surface area contributed by atoms with Crippen molar-refractivity contribution in [2.24, 2.45) is 10.9 Å². The number of aryl methyl sites for hydroxylation is 2. The number of unbranched alkanes of at least 4 members (excludes halogenated alkanes) is 3. The highest BCUT2D eigenvalue weighted by Gasteiger charge is 2.18. The molecule has 2 rings (SSSR count). The summed E-state index contributed by atoms with van der Waals surface area (Å²) >= 11 is 0. The fourth-order valence-corrected chi connectivity index (χ4v) is 2.66. The predicted octanol–water partition coefficient (Wildman–Crippen LogP) is 3.01. The van der Waals surface area contributed by atoms with Crippen LogP contribution >= 0.6 is 0 Å². The van der Waals surface area contributed by atoms with E-state index in [1.54, 1.807) is 0 Å². The molecule has 1 aromatic rings. The van der Waals surface area contributed by atoms with Gasteiger partial charge in [0.2, 0.25) is 5.88 Å². The first kappa shape index (κ1) is 15.6. The summed E-state index contributed by atoms with van der Waals surface area (Å²) in [5.41, 5.74) is 8.66. The summed E-state index contributed by atoms with van der Waals surface area (Å²) < 4.78 is 5.79. The van der Waals surface area contributed by atoms with Gasteiger partial charge in [0.1, 0.15) is 0 Å². The number of ether oxygens (including phenoxy) is 1. The smallest absolute Gasteiger partial charge is 0.224 e. The van der Waals surface area contributed by atoms with Crippen molar-refractivity contribution in [3.05, 3.63) is 22.9 Å². The molecule has 0 saturated carbocycles. The number of hydrogen-bond acceptors (Lipinski definition) is 4. The number of amidine groups is 1. The van der Waals surface area contributed by atoms with E-state index in [4.69, 9.17) is 15.7 Å². The summed E-state index contributed by atoms with van der Waals surface area (Å²) in [4.78, 5) is 4.61. The van der Waals surface area contributed by atoms with Crippen LogP contribution < -0.4 is 10.5 Å². The van der Waals surface area contributed by atoms with Gasteiger partial charge in [-0.3, -0.25) is 0 Å². The molecule has 21 heavy (non-hydrogen) atoms. The molecule has 0 unspecified atom stereocenters. The largest absolute Gasteiger partial charge is 0.477 e. The molecule has 3 N–H and O–H groups in total. The Balaban J connectivity index is 2.13. The summed E-state index contributed by atoms with van der Waals surface area (Å²) in [7, 11) is 0. The Labute approximate surface area is 126 Å². The summed E-state index contributed by atoms with van der Waals surface area (Å²) in [5, 5.41) is 12.0. The third kappa shape index (κ3) is 4.09. The minimum absolute atomic E-state index is 0.0689. The topological polar surface area (TPSA) is 80.7 Å². The van der Waals surface area contributed by atoms with E-state index >= 15 is 0 Å². The van der Waals surface area contributed by atoms with Crippen LogP contribution in [0.1, 0.15) is 62.3 Å². The number of fused-ring (bicyclic) bond motifs is 1. The highest BCUT2D eigenvalue weighted by atomic mass is 16.5. The van der Waals surface area contributed by atoms with E-state index < -0.39 is 0 Å². The van der Waals surface area contributed by atoms with Crippen molar-refractivity contribution in [3.8, 4) is 5.88 Å². The molecule has 0 fully saturated rings. The van der Waals surface area contributed by atoms with Crippen molar-refractivity contribution < 1.29 is 9.94 Å². The zero-order valence-corrected chi connectivity index (χ0v) is 12.8. The van der Waals surface area contributed by atoms with E-state index in [0.29, 0.717) is 18.1 Å². The molecule has 0 aliphatic heterocycles. The number of nitrogens with zero attached hydrogens (tertiary/aromatic N) is 2. The SMILES string of the molecule is CCCCCCOc1nc2c(cc1C(N)=NO)CCCC2. The van der Waals surface area contributed by atoms with Crippen LogP contribution in [-0.4, -0.2) is 22.6 Å². The van der Waals surface area contributed by atoms with Crippen LogP contribution in [0.3, 0.4) is 0 Å². The molecule has 1 aromatic heterocycles. The van der Waals surface area contributed by atoms with Gasteiger partial charge in [0.25, 0.3) is 0 Å². The van der Waals surface area contributed by atoms with E-state index in [9.17, 15) is 0 Å². The Morgan fingerprint density at radius 1 is 1.33 bits per heavy atom. The summed E-state index contributed by atoms with van der Waals surface area (Å²) in [6, 6.07) is 1.97. The average molecular weight is 291 g/mol. The van der Waals surface area contributed by atoms with E-state index in [1.807, 2.05) is 6.07 Å². The lowest BCUT2D eigenvalue weighted by Crippen LogP contribution is -2.18. The average Bonchev–Trinajstić information content (AvgIpc) is 2.53. The van der Waals surface area contributed by atoms with Gasteiger partial charge in [0.05, 0.1) is 12.2 Å². The van der Waals surface area contributed by atoms with Crippen LogP contribution in [0, 0.1) is 0 Å². The molecular formula is C16H25N3O2. The van der Waals surface area contributed by atoms with Gasteiger partial charge in [-0.1, -0.05) is 31.3 Å². The fourth-order valence-electron chi connectivity index (χ4n) is 2.66. The van der Waals surface area contributed by atoms with Crippen LogP contribution in [-0.2, 0) is 12.8 Å². The van der Waals surface area contributed by atoms with Gasteiger partial charge in [-0.15, -0.1) is 0 Å². The molecule has 1 aliphatic carbocycles. The predicted molar refractivity (Wildman–Crippen MR) is 83.0 cm³/mol. The Bertz CT molecular complexity index is 501. The van der Waals surface area contributed by atoms with Gasteiger partial charge in [0, 0.05) is 5.69 Å². The van der Waals surface area contributed by atoms with Crippen molar-refractivity contribution in [2.75, 3.05) is 6.61 Å². The molecule has 116 valence electrons. The van der Waals surface area contributed by atoms with Gasteiger partial charge >= 0.3 is 0 Å². The number of pyridine rings is 1. The van der Waals surface area contributed by atoms with Crippen molar-refractivity contribution in [1.29, 1.82) is 0 Å². The normalized spacial score (nSPS) is 14.8. The quantitative estimate of drug-likeness (QED) is 0.266. The Morgan fingerprint density at radius 2 is 2.14 bits per heavy atom. The summed E-state index contributed by atoms with van der Waals surface area (Å²) in [6.45, 7) is 2.81. The Kier molecular flexibility index (Phi) is 5.84. The van der Waals surface area contributed by atoms with Crippen molar-refractivity contribution in [3.63, 3.8) is 0 Å². The van der Waals surface area contributed by atoms with Crippen molar-refractivity contribution >= 4 is 5.84 Å². The highest BCUT2D eigenvalue weighted by molar-refractivity contribution is 5.99. The Hall–Kier alpha value is -1.78. The first-order valence-electron chi connectivity index (χ1n) is 7.89. The first-order chi connectivity index (χ1) is 10.3. The lowest BCUT2D eigenvalue weighted by atomic mass is 9.95. The molecule has 5 heteroatoms. The number of hydrogen-bond donors (Lipinski definition) is 2. The molecule has 0 aromatic carbocycles. The van der Waals surface area contributed by atoms with Crippen LogP contribution in [0.2, 0.25) is 0 Å². The maximum Gasteiger partial charge on any atom is 0.224 e. The highest BCUT2D eigenvalue weighted by Crippen LogP contribution is 2.26. The number of oxime groups is 1. The molecule has 1 heterocycles. The van der Waals surface area contributed by atoms with Crippen LogP contribution in [0.25, 0.3) is 0 Å². The maximum absolute atomic E-state index is 8.94. The molecule has 0 atom stereocenters. The first-order valence-corrected chi connectivity index (χ1v) is 7.89. The molecule has 0 saturated heterocycles. The number of nitrogens with two attached hydrogens (primary N) is 1. The van der Waals surface area contributed by atoms with Gasteiger partial charge in [0.15, 0.2) is 5.84 Å². The fraction of sp³-hybridized carbons (Fsp3) is 0.625. The molecule has 1 aliphatic rings. The van der Waals surface area contributed by atoms with E-state index in [2.05, 4.69) is 17.1 Å². The third-order valence-corrected chi connectivity index (χ3v) is 3.89. The second-order valence-electron chi connectivity index (χ2n) is 5.55. The van der Waals surface area contributed by atoms with E-state index in [-0.39, 0.29) is 5.84 Å². The zero-order valence-electron chi connectivity index (χ0n) is 12.8. The van der Waals surface area contributed by atoms with Crippen molar-refractivity contribution in [2.45, 2.75) is 58.3 Å². The molecular weight excluding hydrogens is 266 g/mol. The Morgan fingerprint density at radius 3 is 2.90 bits per heavy atom. The van der Waals surface area contributed by atoms with Crippen molar-refractivity contribution in [1.82, 2.24) is 4.98 Å². The molecule has 0 bridgehead atoms. The number of aromatic nitrogens is 1. The maximum atomic E-state index is 8.94. The summed E-state index contributed by atoms with van der Waals surface area (Å²) in [6.07, 6.45) is 8.90. The summed E-state index contributed by atoms with van der Waals surface area (Å²) in [5.74, 6) is 0.571. The van der Waals surface area contributed by atoms with E-state index in [0.717, 1.165) is 31.4 Å². The second-order valence-corrected chi connectivity index (χ2v) is 5.55. The third-order valence-electron chi connectivity index (χ3n) is 3.89. The van der Waals surface area contributed by atoms with Gasteiger partial charge in [-0.2, -0.15) is 0 Å². The molecule has 0 amide bonds. The van der Waals surface area contributed by atoms with Crippen LogP contribution in [0.15, 0.2) is 11.2 Å².